The summed E-state index contributed by atoms with van der Waals surface area (Å²) in [6.45, 7) is 9.54. The van der Waals surface area contributed by atoms with Gasteiger partial charge in [0.15, 0.2) is 8.32 Å². The predicted octanol–water partition coefficient (Wildman–Crippen LogP) is 11.6. The normalized spacial score (nSPS) is 15.7. The molecule has 0 radical (unpaired) electrons. The van der Waals surface area contributed by atoms with E-state index >= 15 is 0 Å². The quantitative estimate of drug-likeness (QED) is 0.0296. The van der Waals surface area contributed by atoms with E-state index in [1.807, 2.05) is 0 Å². The van der Waals surface area contributed by atoms with Crippen molar-refractivity contribution in [3.05, 3.63) is 54.6 Å². The molecule has 0 aliphatic heterocycles. The number of halogens is 17. The van der Waals surface area contributed by atoms with Gasteiger partial charge in [0, 0.05) is 12.5 Å². The van der Waals surface area contributed by atoms with Gasteiger partial charge in [0.2, 0.25) is 0 Å². The summed E-state index contributed by atoms with van der Waals surface area (Å²) in [7, 11) is -3.95. The van der Waals surface area contributed by atoms with Crippen LogP contribution in [-0.2, 0) is 14.0 Å². The number of carbonyl (C=O) groups excluding carboxylic acids is 1. The van der Waals surface area contributed by atoms with E-state index in [0.29, 0.717) is 5.56 Å². The van der Waals surface area contributed by atoms with E-state index in [4.69, 9.17) is 13.9 Å². The lowest BCUT2D eigenvalue weighted by Crippen LogP contribution is -2.74. The molecule has 1 aromatic carbocycles. The molecule has 0 fully saturated rings. The van der Waals surface area contributed by atoms with Crippen molar-refractivity contribution in [2.75, 3.05) is 19.8 Å². The van der Waals surface area contributed by atoms with Crippen molar-refractivity contribution in [2.45, 2.75) is 118 Å². The molecule has 0 aliphatic carbocycles. The Morgan fingerprint density at radius 1 is 0.719 bits per heavy atom. The number of alkyl halides is 17. The van der Waals surface area contributed by atoms with Gasteiger partial charge in [-0.15, -0.1) is 0 Å². The Hall–Kier alpha value is -3.08. The molecule has 0 aliphatic rings. The zero-order valence-corrected chi connectivity index (χ0v) is 31.8. The number of aliphatic hydroxyl groups excluding tert-OH is 1. The Morgan fingerprint density at radius 2 is 1.18 bits per heavy atom. The first-order valence-corrected chi connectivity index (χ1v) is 19.0. The molecule has 1 aromatic rings. The molecule has 0 spiro atoms. The van der Waals surface area contributed by atoms with Crippen LogP contribution in [0.15, 0.2) is 49.1 Å². The van der Waals surface area contributed by atoms with Crippen molar-refractivity contribution in [2.24, 2.45) is 5.92 Å². The maximum atomic E-state index is 14.9. The van der Waals surface area contributed by atoms with E-state index in [0.717, 1.165) is 0 Å². The van der Waals surface area contributed by atoms with Crippen LogP contribution in [0.3, 0.4) is 0 Å². The summed E-state index contributed by atoms with van der Waals surface area (Å²) in [4.78, 5) is 11.5. The van der Waals surface area contributed by atoms with E-state index < -0.39 is 98.2 Å². The summed E-state index contributed by atoms with van der Waals surface area (Å²) in [5.74, 6) is -57.5. The lowest BCUT2D eigenvalue weighted by Gasteiger charge is -2.44. The number of esters is 1. The maximum absolute atomic E-state index is 14.9. The fourth-order valence-electron chi connectivity index (χ4n) is 5.53. The molecule has 57 heavy (non-hydrogen) atoms. The van der Waals surface area contributed by atoms with Gasteiger partial charge in [0.25, 0.3) is 0 Å². The molecule has 0 aromatic heterocycles. The van der Waals surface area contributed by atoms with Gasteiger partial charge in [0.05, 0.1) is 12.7 Å². The van der Waals surface area contributed by atoms with E-state index in [2.05, 4.69) is 6.58 Å². The molecule has 0 amide bonds. The first kappa shape index (κ1) is 51.9. The molecule has 2 atom stereocenters. The third kappa shape index (κ3) is 10.4. The smallest absolute Gasteiger partial charge is 0.460 e. The summed E-state index contributed by atoms with van der Waals surface area (Å²) >= 11 is 0. The van der Waals surface area contributed by atoms with Gasteiger partial charge in [0.1, 0.15) is 19.0 Å². The van der Waals surface area contributed by atoms with Crippen molar-refractivity contribution in [3.63, 3.8) is 0 Å². The predicted molar refractivity (Wildman–Crippen MR) is 173 cm³/mol. The number of benzene rings is 1. The second-order valence-corrected chi connectivity index (χ2v) is 18.7. The number of aliphatic hydroxyl groups is 1. The van der Waals surface area contributed by atoms with Crippen molar-refractivity contribution < 1.29 is 98.4 Å². The number of rotatable bonds is 23. The van der Waals surface area contributed by atoms with E-state index in [1.54, 1.807) is 6.92 Å². The van der Waals surface area contributed by atoms with Gasteiger partial charge in [-0.1, -0.05) is 65.5 Å². The zero-order valence-electron chi connectivity index (χ0n) is 30.8. The van der Waals surface area contributed by atoms with Crippen LogP contribution >= 0.6 is 0 Å². The van der Waals surface area contributed by atoms with Gasteiger partial charge < -0.3 is 19.0 Å². The monoisotopic (exact) mass is 880 g/mol. The fraction of sp³-hybridized carbons (Fsp3) is 0.676. The number of allylic oxidation sites excluding steroid dienone is 1. The average Bonchev–Trinajstić information content (AvgIpc) is 3.08. The van der Waals surface area contributed by atoms with Crippen LogP contribution in [-0.4, -0.2) is 86.8 Å². The van der Waals surface area contributed by atoms with E-state index in [9.17, 15) is 84.5 Å². The lowest BCUT2D eigenvalue weighted by molar-refractivity contribution is -0.461. The Morgan fingerprint density at radius 3 is 1.61 bits per heavy atom. The summed E-state index contributed by atoms with van der Waals surface area (Å²) in [6.07, 6.45) is -7.04. The molecule has 5 nitrogen and oxygen atoms in total. The van der Waals surface area contributed by atoms with Gasteiger partial charge in [-0.3, -0.25) is 0 Å². The molecule has 23 heteroatoms. The van der Waals surface area contributed by atoms with Crippen LogP contribution in [0.4, 0.5) is 74.6 Å². The van der Waals surface area contributed by atoms with Crippen LogP contribution in [0.1, 0.15) is 59.1 Å². The van der Waals surface area contributed by atoms with Gasteiger partial charge in [-0.05, 0) is 47.2 Å². The highest BCUT2D eigenvalue weighted by Gasteiger charge is 2.95. The number of ether oxygens (including phenoxy) is 2. The minimum Gasteiger partial charge on any atom is -0.491 e. The minimum absolute atomic E-state index is 0.0121. The molecule has 0 bridgehead atoms. The van der Waals surface area contributed by atoms with Crippen LogP contribution < -0.4 is 4.74 Å². The second-order valence-electron chi connectivity index (χ2n) is 13.7. The van der Waals surface area contributed by atoms with E-state index in [-0.39, 0.29) is 31.3 Å². The lowest BCUT2D eigenvalue weighted by atomic mass is 9.88. The highest BCUT2D eigenvalue weighted by molar-refractivity contribution is 6.76. The second kappa shape index (κ2) is 18.5. The first-order chi connectivity index (χ1) is 25.6. The molecule has 1 N–H and O–H groups in total. The minimum atomic E-state index is -8.68. The average molecular weight is 881 g/mol. The molecule has 330 valence electrons. The van der Waals surface area contributed by atoms with Gasteiger partial charge >= 0.3 is 53.6 Å². The van der Waals surface area contributed by atoms with Gasteiger partial charge in [-0.2, -0.15) is 74.6 Å². The highest BCUT2D eigenvalue weighted by atomic mass is 28.4. The number of hydrogen-bond acceptors (Lipinski definition) is 5. The number of hydrogen-bond donors (Lipinski definition) is 1. The van der Waals surface area contributed by atoms with E-state index in [1.165, 1.54) is 70.2 Å². The highest BCUT2D eigenvalue weighted by Crippen LogP contribution is 2.64. The van der Waals surface area contributed by atoms with Crippen LogP contribution in [0, 0.1) is 5.92 Å². The van der Waals surface area contributed by atoms with Crippen LogP contribution in [0.25, 0.3) is 0 Å². The zero-order chi connectivity index (χ0) is 44.9. The summed E-state index contributed by atoms with van der Waals surface area (Å²) in [5, 5.41) is 10.6. The first-order valence-electron chi connectivity index (χ1n) is 16.8. The topological polar surface area (TPSA) is 65.0 Å². The molecular weight excluding hydrogens is 839 g/mol. The standard InChI is InChI=1S/C34H41F17O5Si/c1-7-16-55-25(52)10-8-9-22(6)26(53)23-11-13-24(14-12-23)54-17-18-56-57(20(2)3,21(4)5)19-15-27(35,36)28(37,38)29(39,40)30(41,42)31(43,44)32(45,46)33(47,48)34(49,50)51/h7-8,10-14,20-22,26,53H,1,9,15-19H2,2-6H3/b10-8+/t22-,26-/m0/s1. The Bertz CT molecular complexity index is 1490. The third-order valence-electron chi connectivity index (χ3n) is 9.16. The molecule has 0 heterocycles. The van der Waals surface area contributed by atoms with Crippen LogP contribution in [0.2, 0.25) is 17.1 Å². The summed E-state index contributed by atoms with van der Waals surface area (Å²) in [6, 6.07) is 4.46. The molecule has 0 saturated heterocycles. The third-order valence-corrected chi connectivity index (χ3v) is 14.8. The molecule has 0 saturated carbocycles. The molecule has 0 unspecified atom stereocenters. The Balaban J connectivity index is 3.15. The van der Waals surface area contributed by atoms with Crippen molar-refractivity contribution in [1.29, 1.82) is 0 Å². The molecular formula is C34H41F17O5Si. The van der Waals surface area contributed by atoms with Crippen LogP contribution in [0.5, 0.6) is 5.75 Å². The van der Waals surface area contributed by atoms with Crippen molar-refractivity contribution >= 4 is 14.3 Å². The largest absolute Gasteiger partial charge is 0.491 e. The fourth-order valence-corrected chi connectivity index (χ4v) is 10.0. The van der Waals surface area contributed by atoms with Gasteiger partial charge in [-0.25, -0.2) is 4.79 Å². The Labute approximate surface area is 317 Å². The SMILES string of the molecule is C=CCOC(=O)/C=C/C[C@H](C)[C@H](O)c1ccc(OCCO[Si](CCC(F)(F)C(F)(F)C(F)(F)C(F)(F)C(F)(F)C(F)(F)C(F)(F)C(F)(F)F)(C(C)C)C(C)C)cc1. The Kier molecular flexibility index (Phi) is 16.8. The van der Waals surface area contributed by atoms with Crippen molar-refractivity contribution in [1.82, 2.24) is 0 Å². The number of carbonyl (C=O) groups is 1. The van der Waals surface area contributed by atoms with Crippen molar-refractivity contribution in [3.8, 4) is 5.75 Å². The summed E-state index contributed by atoms with van der Waals surface area (Å²) < 4.78 is 250. The summed E-state index contributed by atoms with van der Waals surface area (Å²) in [5.41, 5.74) is -1.28. The molecule has 1 rings (SSSR count). The maximum Gasteiger partial charge on any atom is 0.460 e.